The van der Waals surface area contributed by atoms with Gasteiger partial charge in [-0.15, -0.1) is 0 Å². The molecular weight excluding hydrogens is 238 g/mol. The van der Waals surface area contributed by atoms with Gasteiger partial charge in [0.25, 0.3) is 0 Å². The molecule has 0 unspecified atom stereocenters. The SMILES string of the molecule is C=C/C1=C(\C=C)C(OC)=Nc2ccccc2CC1=O. The standard InChI is InChI=1S/C16H15NO2/c1-4-12-13(5-2)16(19-3)17-14-9-7-6-8-11(14)10-15(12)18/h4-9H,1-2,10H2,3H3/b13-12-,17-16?. The number of fused-ring (bicyclic) bond motifs is 1. The highest BCUT2D eigenvalue weighted by Gasteiger charge is 2.20. The third-order valence-electron chi connectivity index (χ3n) is 2.99. The monoisotopic (exact) mass is 253 g/mol. The molecule has 19 heavy (non-hydrogen) atoms. The summed E-state index contributed by atoms with van der Waals surface area (Å²) in [6, 6.07) is 7.53. The number of nitrogens with zero attached hydrogens (tertiary/aromatic N) is 1. The van der Waals surface area contributed by atoms with Crippen LogP contribution in [-0.2, 0) is 16.0 Å². The molecule has 0 aliphatic carbocycles. The molecule has 3 heteroatoms. The Hall–Kier alpha value is -2.42. The Kier molecular flexibility index (Phi) is 3.76. The Bertz CT molecular complexity index is 609. The summed E-state index contributed by atoms with van der Waals surface area (Å²) in [5.74, 6) is 0.368. The van der Waals surface area contributed by atoms with Crippen molar-refractivity contribution in [3.8, 4) is 0 Å². The molecule has 0 saturated heterocycles. The minimum atomic E-state index is -0.0122. The Morgan fingerprint density at radius 1 is 1.21 bits per heavy atom. The second-order valence-corrected chi connectivity index (χ2v) is 4.09. The zero-order chi connectivity index (χ0) is 13.8. The second-order valence-electron chi connectivity index (χ2n) is 4.09. The molecule has 0 amide bonds. The molecule has 1 aliphatic heterocycles. The number of Topliss-reactive ketones (excluding diaryl/α,β-unsaturated/α-hetero) is 1. The predicted octanol–water partition coefficient (Wildman–Crippen LogP) is 3.16. The summed E-state index contributed by atoms with van der Waals surface area (Å²) in [6.07, 6.45) is 3.41. The fraction of sp³-hybridized carbons (Fsp3) is 0.125. The molecule has 3 nitrogen and oxygen atoms in total. The molecule has 1 aromatic carbocycles. The van der Waals surface area contributed by atoms with Crippen LogP contribution in [0.5, 0.6) is 0 Å². The first-order valence-electron chi connectivity index (χ1n) is 5.94. The van der Waals surface area contributed by atoms with E-state index in [2.05, 4.69) is 18.2 Å². The van der Waals surface area contributed by atoms with Crippen molar-refractivity contribution in [1.82, 2.24) is 0 Å². The van der Waals surface area contributed by atoms with Crippen molar-refractivity contribution < 1.29 is 9.53 Å². The van der Waals surface area contributed by atoms with Gasteiger partial charge in [-0.25, -0.2) is 4.99 Å². The van der Waals surface area contributed by atoms with Crippen LogP contribution >= 0.6 is 0 Å². The molecule has 96 valence electrons. The van der Waals surface area contributed by atoms with E-state index in [1.807, 2.05) is 24.3 Å². The predicted molar refractivity (Wildman–Crippen MR) is 76.7 cm³/mol. The van der Waals surface area contributed by atoms with E-state index >= 15 is 0 Å². The molecule has 1 aliphatic rings. The number of ether oxygens (including phenoxy) is 1. The summed E-state index contributed by atoms with van der Waals surface area (Å²) < 4.78 is 5.29. The first kappa shape index (κ1) is 13.0. The van der Waals surface area contributed by atoms with Gasteiger partial charge in [-0.1, -0.05) is 43.5 Å². The van der Waals surface area contributed by atoms with Crippen molar-refractivity contribution in [2.45, 2.75) is 6.42 Å². The third kappa shape index (κ3) is 2.40. The molecule has 0 saturated carbocycles. The maximum atomic E-state index is 12.3. The van der Waals surface area contributed by atoms with Gasteiger partial charge in [-0.3, -0.25) is 4.79 Å². The van der Waals surface area contributed by atoms with Gasteiger partial charge >= 0.3 is 0 Å². The molecule has 1 heterocycles. The minimum absolute atomic E-state index is 0.0122. The number of carbonyl (C=O) groups excluding carboxylic acids is 1. The minimum Gasteiger partial charge on any atom is -0.481 e. The van der Waals surface area contributed by atoms with E-state index in [9.17, 15) is 4.79 Å². The number of benzene rings is 1. The Balaban J connectivity index is 2.72. The lowest BCUT2D eigenvalue weighted by molar-refractivity contribution is -0.114. The lowest BCUT2D eigenvalue weighted by Gasteiger charge is -2.15. The topological polar surface area (TPSA) is 38.7 Å². The second kappa shape index (κ2) is 5.48. The number of methoxy groups -OCH3 is 1. The van der Waals surface area contributed by atoms with Crippen LogP contribution in [0.15, 0.2) is 65.7 Å². The van der Waals surface area contributed by atoms with Crippen LogP contribution in [0.25, 0.3) is 0 Å². The van der Waals surface area contributed by atoms with Crippen molar-refractivity contribution in [2.75, 3.05) is 7.11 Å². The molecule has 0 atom stereocenters. The molecule has 1 aromatic rings. The van der Waals surface area contributed by atoms with Crippen molar-refractivity contribution in [1.29, 1.82) is 0 Å². The highest BCUT2D eigenvalue weighted by molar-refractivity contribution is 6.11. The van der Waals surface area contributed by atoms with E-state index in [-0.39, 0.29) is 5.78 Å². The molecule has 0 fully saturated rings. The summed E-state index contributed by atoms with van der Waals surface area (Å²) in [5, 5.41) is 0. The molecule has 2 rings (SSSR count). The fourth-order valence-electron chi connectivity index (χ4n) is 2.05. The summed E-state index contributed by atoms with van der Waals surface area (Å²) in [5.41, 5.74) is 2.70. The van der Waals surface area contributed by atoms with Crippen LogP contribution in [0.2, 0.25) is 0 Å². The zero-order valence-electron chi connectivity index (χ0n) is 10.8. The Morgan fingerprint density at radius 3 is 2.53 bits per heavy atom. The maximum Gasteiger partial charge on any atom is 0.221 e. The van der Waals surface area contributed by atoms with Gasteiger partial charge in [0.15, 0.2) is 5.78 Å². The van der Waals surface area contributed by atoms with Crippen LogP contribution in [-0.4, -0.2) is 18.8 Å². The summed E-state index contributed by atoms with van der Waals surface area (Å²) in [4.78, 5) is 16.8. The van der Waals surface area contributed by atoms with Crippen LogP contribution in [0.3, 0.4) is 0 Å². The smallest absolute Gasteiger partial charge is 0.221 e. The molecular formula is C16H15NO2. The normalized spacial score (nSPS) is 18.8. The van der Waals surface area contributed by atoms with E-state index in [4.69, 9.17) is 4.74 Å². The molecule has 0 N–H and O–H groups in total. The summed E-state index contributed by atoms with van der Waals surface area (Å²) >= 11 is 0. The number of aliphatic imine (C=N–C) groups is 1. The molecule has 0 aromatic heterocycles. The van der Waals surface area contributed by atoms with Crippen molar-refractivity contribution in [2.24, 2.45) is 4.99 Å². The number of hydrogen-bond acceptors (Lipinski definition) is 3. The average molecular weight is 253 g/mol. The largest absolute Gasteiger partial charge is 0.481 e. The van der Waals surface area contributed by atoms with Gasteiger partial charge in [0, 0.05) is 17.6 Å². The number of allylic oxidation sites excluding steroid dienone is 2. The van der Waals surface area contributed by atoms with Crippen molar-refractivity contribution >= 4 is 17.4 Å². The number of para-hydroxylation sites is 1. The number of hydrogen-bond donors (Lipinski definition) is 0. The van der Waals surface area contributed by atoms with Crippen molar-refractivity contribution in [3.05, 3.63) is 66.3 Å². The van der Waals surface area contributed by atoms with Gasteiger partial charge in [-0.2, -0.15) is 0 Å². The third-order valence-corrected chi connectivity index (χ3v) is 2.99. The van der Waals surface area contributed by atoms with Gasteiger partial charge < -0.3 is 4.74 Å². The first-order valence-corrected chi connectivity index (χ1v) is 5.94. The maximum absolute atomic E-state index is 12.3. The van der Waals surface area contributed by atoms with E-state index in [0.717, 1.165) is 11.3 Å². The highest BCUT2D eigenvalue weighted by atomic mass is 16.5. The molecule has 0 spiro atoms. The highest BCUT2D eigenvalue weighted by Crippen LogP contribution is 2.26. The molecule has 0 radical (unpaired) electrons. The van der Waals surface area contributed by atoms with Gasteiger partial charge in [0.05, 0.1) is 12.8 Å². The van der Waals surface area contributed by atoms with Crippen LogP contribution in [0.4, 0.5) is 5.69 Å². The number of carbonyl (C=O) groups is 1. The van der Waals surface area contributed by atoms with Crippen LogP contribution in [0, 0.1) is 0 Å². The van der Waals surface area contributed by atoms with Crippen molar-refractivity contribution in [3.63, 3.8) is 0 Å². The first-order chi connectivity index (χ1) is 9.21. The number of ketones is 1. The summed E-state index contributed by atoms with van der Waals surface area (Å²) in [7, 11) is 1.53. The van der Waals surface area contributed by atoms with Gasteiger partial charge in [0.1, 0.15) is 0 Å². The lowest BCUT2D eigenvalue weighted by Crippen LogP contribution is -2.15. The lowest BCUT2D eigenvalue weighted by atomic mass is 9.96. The van der Waals surface area contributed by atoms with Gasteiger partial charge in [0.2, 0.25) is 5.90 Å². The van der Waals surface area contributed by atoms with E-state index in [1.165, 1.54) is 13.2 Å². The van der Waals surface area contributed by atoms with E-state index < -0.39 is 0 Å². The number of rotatable bonds is 2. The quantitative estimate of drug-likeness (QED) is 0.812. The molecule has 0 bridgehead atoms. The van der Waals surface area contributed by atoms with E-state index in [0.29, 0.717) is 23.5 Å². The van der Waals surface area contributed by atoms with Crippen LogP contribution < -0.4 is 0 Å². The van der Waals surface area contributed by atoms with E-state index in [1.54, 1.807) is 6.08 Å². The zero-order valence-corrected chi connectivity index (χ0v) is 10.8. The Labute approximate surface area is 112 Å². The average Bonchev–Trinajstić information content (AvgIpc) is 2.42. The van der Waals surface area contributed by atoms with Crippen LogP contribution in [0.1, 0.15) is 5.56 Å². The van der Waals surface area contributed by atoms with Gasteiger partial charge in [-0.05, 0) is 11.6 Å². The Morgan fingerprint density at radius 2 is 1.89 bits per heavy atom. The summed E-state index contributed by atoms with van der Waals surface area (Å²) in [6.45, 7) is 7.42. The fourth-order valence-corrected chi connectivity index (χ4v) is 2.05.